The van der Waals surface area contributed by atoms with Crippen LogP contribution in [0.2, 0.25) is 0 Å². The van der Waals surface area contributed by atoms with Crippen LogP contribution in [0.15, 0.2) is 32.2 Å². The first-order chi connectivity index (χ1) is 18.3. The third-order valence-corrected chi connectivity index (χ3v) is 13.2. The van der Waals surface area contributed by atoms with Crippen LogP contribution in [-0.2, 0) is 9.47 Å². The molecule has 0 N–H and O–H groups in total. The number of fused-ring (bicyclic) bond motifs is 8. The zero-order chi connectivity index (χ0) is 26.4. The Bertz CT molecular complexity index is 1100. The lowest BCUT2D eigenvalue weighted by molar-refractivity contribution is 0.102. The van der Waals surface area contributed by atoms with E-state index in [1.807, 2.05) is 0 Å². The number of hydrogen-bond donors (Lipinski definition) is 0. The minimum Gasteiger partial charge on any atom is -0.484 e. The fourth-order valence-corrected chi connectivity index (χ4v) is 11.0. The summed E-state index contributed by atoms with van der Waals surface area (Å²) < 4.78 is 11.3. The van der Waals surface area contributed by atoms with Crippen molar-refractivity contribution in [3.63, 3.8) is 0 Å². The van der Waals surface area contributed by atoms with E-state index in [0.717, 1.165) is 21.9 Å². The van der Waals surface area contributed by atoms with Crippen molar-refractivity contribution in [2.24, 2.45) is 68.2 Å². The standard InChI is InChI=1S/2C16H22ClNO/c1-9-12(17)8-11-13-5-3-4-10(15(18-13)19-2)14(9)16(11)6-7-16;1-9-12(17)8-11-10-4-3-5-13(18-15(10)19-2)14(9)16(11)6-7-16/h2*8-11,13-14H,3-7H2,1-2H3/t9-,10-,11+,13+,14-;9-,10+,11+,13-,14-/m11/s1. The highest BCUT2D eigenvalue weighted by atomic mass is 35.5. The van der Waals surface area contributed by atoms with Crippen molar-refractivity contribution in [1.29, 1.82) is 0 Å². The number of rotatable bonds is 0. The first-order valence-corrected chi connectivity index (χ1v) is 16.1. The molecule has 8 aliphatic rings. The molecule has 6 heteroatoms. The van der Waals surface area contributed by atoms with Crippen LogP contribution in [0.5, 0.6) is 0 Å². The average Bonchev–Trinajstić information content (AvgIpc) is 3.81. The molecular weight excluding hydrogens is 515 g/mol. The predicted molar refractivity (Wildman–Crippen MR) is 155 cm³/mol. The lowest BCUT2D eigenvalue weighted by Gasteiger charge is -2.45. The summed E-state index contributed by atoms with van der Waals surface area (Å²) in [6.45, 7) is 4.61. The zero-order valence-corrected chi connectivity index (χ0v) is 25.0. The third kappa shape index (κ3) is 3.67. The molecule has 4 aliphatic heterocycles. The van der Waals surface area contributed by atoms with Gasteiger partial charge in [-0.3, -0.25) is 9.98 Å². The number of aliphatic imine (C=N–C) groups is 2. The number of allylic oxidation sites excluding steroid dienone is 3. The summed E-state index contributed by atoms with van der Waals surface area (Å²) in [6, 6.07) is 0.846. The number of ether oxygens (including phenoxy) is 2. The van der Waals surface area contributed by atoms with E-state index >= 15 is 0 Å². The van der Waals surface area contributed by atoms with Crippen LogP contribution in [0.25, 0.3) is 0 Å². The smallest absolute Gasteiger partial charge is 0.187 e. The highest BCUT2D eigenvalue weighted by molar-refractivity contribution is 6.30. The molecule has 4 heterocycles. The first kappa shape index (κ1) is 25.9. The predicted octanol–water partition coefficient (Wildman–Crippen LogP) is 8.00. The van der Waals surface area contributed by atoms with Gasteiger partial charge in [-0.15, -0.1) is 0 Å². The Morgan fingerprint density at radius 2 is 1.18 bits per heavy atom. The second kappa shape index (κ2) is 9.26. The van der Waals surface area contributed by atoms with Gasteiger partial charge in [-0.2, -0.15) is 0 Å². The molecule has 8 rings (SSSR count). The quantitative estimate of drug-likeness (QED) is 0.302. The Kier molecular flexibility index (Phi) is 6.32. The van der Waals surface area contributed by atoms with Gasteiger partial charge in [0.1, 0.15) is 0 Å². The van der Waals surface area contributed by atoms with Crippen molar-refractivity contribution >= 4 is 35.0 Å². The lowest BCUT2D eigenvalue weighted by Crippen LogP contribution is -2.43. The van der Waals surface area contributed by atoms with Gasteiger partial charge in [0.15, 0.2) is 11.8 Å². The van der Waals surface area contributed by atoms with E-state index in [1.165, 1.54) is 64.2 Å². The van der Waals surface area contributed by atoms with Gasteiger partial charge < -0.3 is 9.47 Å². The maximum atomic E-state index is 6.57. The third-order valence-electron chi connectivity index (χ3n) is 12.3. The van der Waals surface area contributed by atoms with Crippen molar-refractivity contribution in [3.8, 4) is 0 Å². The number of halogens is 2. The number of hydrogen-bond acceptors (Lipinski definition) is 4. The summed E-state index contributed by atoms with van der Waals surface area (Å²) in [5.74, 6) is 6.39. The van der Waals surface area contributed by atoms with Gasteiger partial charge in [-0.05, 0) is 91.8 Å². The van der Waals surface area contributed by atoms with E-state index in [-0.39, 0.29) is 0 Å². The van der Waals surface area contributed by atoms with Gasteiger partial charge >= 0.3 is 0 Å². The molecule has 0 aromatic heterocycles. The molecule has 0 unspecified atom stereocenters. The number of nitrogens with zero attached hydrogens (tertiary/aromatic N) is 2. The van der Waals surface area contributed by atoms with Crippen LogP contribution in [0.4, 0.5) is 0 Å². The maximum Gasteiger partial charge on any atom is 0.187 e. The van der Waals surface area contributed by atoms with Gasteiger partial charge in [0, 0.05) is 27.8 Å². The minimum atomic E-state index is 0.411. The molecule has 2 fully saturated rings. The Balaban J connectivity index is 0.000000127. The van der Waals surface area contributed by atoms with Crippen molar-refractivity contribution < 1.29 is 9.47 Å². The summed E-state index contributed by atoms with van der Waals surface area (Å²) in [4.78, 5) is 10.0. The molecule has 4 aliphatic carbocycles. The van der Waals surface area contributed by atoms with E-state index in [1.54, 1.807) is 14.2 Å². The zero-order valence-electron chi connectivity index (χ0n) is 23.5. The minimum absolute atomic E-state index is 0.411. The topological polar surface area (TPSA) is 43.2 Å². The van der Waals surface area contributed by atoms with E-state index < -0.39 is 0 Å². The van der Waals surface area contributed by atoms with Crippen LogP contribution < -0.4 is 0 Å². The van der Waals surface area contributed by atoms with E-state index in [4.69, 9.17) is 42.7 Å². The van der Waals surface area contributed by atoms with Crippen molar-refractivity contribution in [3.05, 3.63) is 22.2 Å². The fraction of sp³-hybridized carbons (Fsp3) is 0.812. The molecule has 0 amide bonds. The summed E-state index contributed by atoms with van der Waals surface area (Å²) in [5, 5.41) is 2.16. The summed E-state index contributed by atoms with van der Waals surface area (Å²) in [5.41, 5.74) is 0.995. The Morgan fingerprint density at radius 1 is 0.684 bits per heavy atom. The van der Waals surface area contributed by atoms with Crippen LogP contribution in [0.1, 0.15) is 78.1 Å². The molecule has 0 aromatic rings. The second-order valence-electron chi connectivity index (χ2n) is 13.8. The van der Waals surface area contributed by atoms with E-state index in [2.05, 4.69) is 26.0 Å². The molecular formula is C32H44Cl2N2O2. The van der Waals surface area contributed by atoms with Crippen LogP contribution >= 0.6 is 23.2 Å². The van der Waals surface area contributed by atoms with Crippen molar-refractivity contribution in [2.45, 2.75) is 90.1 Å². The number of methoxy groups -OCH3 is 2. The average molecular weight is 560 g/mol. The molecule has 0 aromatic carbocycles. The van der Waals surface area contributed by atoms with Gasteiger partial charge in [-0.25, -0.2) is 0 Å². The summed E-state index contributed by atoms with van der Waals surface area (Å²) >= 11 is 13.1. The van der Waals surface area contributed by atoms with Gasteiger partial charge in [0.05, 0.1) is 26.3 Å². The Hall–Kier alpha value is -1.00. The molecule has 2 saturated carbocycles. The molecule has 8 bridgehead atoms. The Labute approximate surface area is 238 Å². The van der Waals surface area contributed by atoms with Crippen LogP contribution in [0.3, 0.4) is 0 Å². The summed E-state index contributed by atoms with van der Waals surface area (Å²) in [7, 11) is 3.58. The molecule has 0 radical (unpaired) electrons. The highest BCUT2D eigenvalue weighted by Crippen LogP contribution is 2.70. The molecule has 0 saturated heterocycles. The monoisotopic (exact) mass is 558 g/mol. The highest BCUT2D eigenvalue weighted by Gasteiger charge is 2.65. The van der Waals surface area contributed by atoms with Crippen molar-refractivity contribution in [1.82, 2.24) is 0 Å². The molecule has 38 heavy (non-hydrogen) atoms. The van der Waals surface area contributed by atoms with Crippen molar-refractivity contribution in [2.75, 3.05) is 14.2 Å². The molecule has 2 spiro atoms. The lowest BCUT2D eigenvalue weighted by atomic mass is 9.60. The second-order valence-corrected chi connectivity index (χ2v) is 14.7. The van der Waals surface area contributed by atoms with Gasteiger partial charge in [0.25, 0.3) is 0 Å². The largest absolute Gasteiger partial charge is 0.484 e. The Morgan fingerprint density at radius 3 is 1.82 bits per heavy atom. The fourth-order valence-electron chi connectivity index (χ4n) is 10.4. The van der Waals surface area contributed by atoms with Crippen LogP contribution in [0, 0.1) is 58.2 Å². The van der Waals surface area contributed by atoms with E-state index in [0.29, 0.717) is 70.3 Å². The van der Waals surface area contributed by atoms with E-state index in [9.17, 15) is 0 Å². The maximum absolute atomic E-state index is 6.57. The summed E-state index contributed by atoms with van der Waals surface area (Å²) in [6.07, 6.45) is 17.6. The van der Waals surface area contributed by atoms with Gasteiger partial charge in [-0.1, -0.05) is 62.0 Å². The first-order valence-electron chi connectivity index (χ1n) is 15.3. The van der Waals surface area contributed by atoms with Gasteiger partial charge in [0.2, 0.25) is 0 Å². The molecule has 208 valence electrons. The molecule has 10 atom stereocenters. The normalized spacial score (nSPS) is 46.2. The van der Waals surface area contributed by atoms with Crippen LogP contribution in [-0.4, -0.2) is 38.1 Å². The molecule has 4 nitrogen and oxygen atoms in total. The SMILES string of the molecule is COC1=N[C@@H]2CCC[C@H]1[C@@H]1C=C(Cl)[C@@H](C)[C@H]2C12CC2.COC1=N[C@H]2CCC[C@@H]1[C@H]1[C@H](C)C(Cl)=C[C@@H]2C12CC2.